The Morgan fingerprint density at radius 1 is 0.323 bits per heavy atom. The lowest BCUT2D eigenvalue weighted by atomic mass is 10.1. The molecule has 0 spiro atoms. The molecule has 356 valence electrons. The van der Waals surface area contributed by atoms with Gasteiger partial charge in [-0.25, -0.2) is 0 Å². The SMILES string of the molecule is CCCCC/C=C\C/C=C\C/C=C\C/C=C\CCCC(=O)OC[C@@H](COC(=O)CCCCCCCCCCCC)OC(=O)CCCCCCCCC/C=C\C/C=C\CCCCC. The second-order valence-electron chi connectivity index (χ2n) is 17.1. The molecule has 0 aromatic heterocycles. The highest BCUT2D eigenvalue weighted by atomic mass is 16.6. The van der Waals surface area contributed by atoms with Gasteiger partial charge in [0, 0.05) is 19.3 Å². The zero-order valence-corrected chi connectivity index (χ0v) is 40.6. The topological polar surface area (TPSA) is 78.9 Å². The fourth-order valence-electron chi connectivity index (χ4n) is 6.99. The molecule has 0 aliphatic carbocycles. The zero-order chi connectivity index (χ0) is 45.1. The highest BCUT2D eigenvalue weighted by Crippen LogP contribution is 2.14. The number of ether oxygens (including phenoxy) is 3. The largest absolute Gasteiger partial charge is 0.462 e. The molecule has 0 amide bonds. The van der Waals surface area contributed by atoms with Gasteiger partial charge in [-0.05, 0) is 89.9 Å². The van der Waals surface area contributed by atoms with Crippen LogP contribution in [0.1, 0.15) is 245 Å². The monoisotopic (exact) mass is 865 g/mol. The van der Waals surface area contributed by atoms with Crippen LogP contribution in [0, 0.1) is 0 Å². The van der Waals surface area contributed by atoms with E-state index in [4.69, 9.17) is 14.2 Å². The molecule has 0 fully saturated rings. The summed E-state index contributed by atoms with van der Waals surface area (Å²) in [6.07, 6.45) is 63.1. The van der Waals surface area contributed by atoms with Crippen LogP contribution in [0.25, 0.3) is 0 Å². The van der Waals surface area contributed by atoms with Gasteiger partial charge in [-0.3, -0.25) is 14.4 Å². The molecule has 0 aliphatic heterocycles. The molecule has 0 aromatic rings. The number of allylic oxidation sites excluding steroid dienone is 12. The summed E-state index contributed by atoms with van der Waals surface area (Å²) in [5, 5.41) is 0. The van der Waals surface area contributed by atoms with Crippen molar-refractivity contribution in [2.24, 2.45) is 0 Å². The van der Waals surface area contributed by atoms with Gasteiger partial charge < -0.3 is 14.2 Å². The molecule has 0 saturated heterocycles. The molecular weight excluding hydrogens is 769 g/mol. The Hall–Kier alpha value is -3.15. The molecule has 0 bridgehead atoms. The number of hydrogen-bond acceptors (Lipinski definition) is 6. The van der Waals surface area contributed by atoms with Crippen LogP contribution in [0.15, 0.2) is 72.9 Å². The van der Waals surface area contributed by atoms with Gasteiger partial charge in [0.1, 0.15) is 13.2 Å². The van der Waals surface area contributed by atoms with E-state index in [9.17, 15) is 14.4 Å². The Kier molecular flexibility index (Phi) is 47.9. The summed E-state index contributed by atoms with van der Waals surface area (Å²) in [5.41, 5.74) is 0. The van der Waals surface area contributed by atoms with Gasteiger partial charge in [-0.1, -0.05) is 209 Å². The summed E-state index contributed by atoms with van der Waals surface area (Å²) in [5.74, 6) is -0.961. The Labute approximate surface area is 382 Å². The Morgan fingerprint density at radius 3 is 1.00 bits per heavy atom. The Bertz CT molecular complexity index is 1180. The molecule has 6 nitrogen and oxygen atoms in total. The van der Waals surface area contributed by atoms with E-state index in [1.54, 1.807) is 0 Å². The van der Waals surface area contributed by atoms with Crippen LogP contribution in [0.2, 0.25) is 0 Å². The van der Waals surface area contributed by atoms with Gasteiger partial charge >= 0.3 is 17.9 Å². The Balaban J connectivity index is 4.45. The molecule has 0 N–H and O–H groups in total. The average Bonchev–Trinajstić information content (AvgIpc) is 3.27. The number of hydrogen-bond donors (Lipinski definition) is 0. The van der Waals surface area contributed by atoms with Crippen LogP contribution in [0.3, 0.4) is 0 Å². The summed E-state index contributed by atoms with van der Waals surface area (Å²) in [4.78, 5) is 37.9. The van der Waals surface area contributed by atoms with E-state index in [-0.39, 0.29) is 37.5 Å². The van der Waals surface area contributed by atoms with Gasteiger partial charge in [0.25, 0.3) is 0 Å². The predicted octanol–water partition coefficient (Wildman–Crippen LogP) is 17.0. The van der Waals surface area contributed by atoms with Crippen LogP contribution < -0.4 is 0 Å². The second kappa shape index (κ2) is 50.5. The van der Waals surface area contributed by atoms with Crippen molar-refractivity contribution >= 4 is 17.9 Å². The summed E-state index contributed by atoms with van der Waals surface area (Å²) in [7, 11) is 0. The predicted molar refractivity (Wildman–Crippen MR) is 265 cm³/mol. The fourth-order valence-corrected chi connectivity index (χ4v) is 6.99. The summed E-state index contributed by atoms with van der Waals surface area (Å²) < 4.78 is 16.7. The van der Waals surface area contributed by atoms with E-state index >= 15 is 0 Å². The first-order valence-electron chi connectivity index (χ1n) is 25.9. The van der Waals surface area contributed by atoms with E-state index in [1.807, 2.05) is 0 Å². The molecule has 0 radical (unpaired) electrons. The van der Waals surface area contributed by atoms with Crippen molar-refractivity contribution in [1.29, 1.82) is 0 Å². The molecule has 62 heavy (non-hydrogen) atoms. The number of carbonyl (C=O) groups is 3. The van der Waals surface area contributed by atoms with Gasteiger partial charge in [-0.15, -0.1) is 0 Å². The summed E-state index contributed by atoms with van der Waals surface area (Å²) in [6.45, 7) is 6.52. The molecule has 0 saturated carbocycles. The molecular formula is C56H96O6. The minimum Gasteiger partial charge on any atom is -0.462 e. The first kappa shape index (κ1) is 58.9. The number of rotatable bonds is 46. The fraction of sp³-hybridized carbons (Fsp3) is 0.732. The minimum absolute atomic E-state index is 0.0945. The molecule has 1 atom stereocenters. The van der Waals surface area contributed by atoms with E-state index < -0.39 is 6.10 Å². The molecule has 0 aliphatic rings. The van der Waals surface area contributed by atoms with Crippen LogP contribution in [-0.4, -0.2) is 37.2 Å². The second-order valence-corrected chi connectivity index (χ2v) is 17.1. The van der Waals surface area contributed by atoms with Crippen molar-refractivity contribution in [3.05, 3.63) is 72.9 Å². The van der Waals surface area contributed by atoms with Crippen LogP contribution >= 0.6 is 0 Å². The normalized spacial score (nSPS) is 12.6. The molecule has 0 unspecified atom stereocenters. The number of carbonyl (C=O) groups excluding carboxylic acids is 3. The smallest absolute Gasteiger partial charge is 0.306 e. The van der Waals surface area contributed by atoms with Gasteiger partial charge in [-0.2, -0.15) is 0 Å². The third-order valence-corrected chi connectivity index (χ3v) is 10.9. The van der Waals surface area contributed by atoms with Gasteiger partial charge in [0.15, 0.2) is 6.10 Å². The first-order valence-corrected chi connectivity index (χ1v) is 25.9. The maximum absolute atomic E-state index is 12.8. The maximum atomic E-state index is 12.8. The van der Waals surface area contributed by atoms with Crippen molar-refractivity contribution < 1.29 is 28.6 Å². The lowest BCUT2D eigenvalue weighted by Crippen LogP contribution is -2.30. The van der Waals surface area contributed by atoms with Crippen LogP contribution in [0.5, 0.6) is 0 Å². The summed E-state index contributed by atoms with van der Waals surface area (Å²) in [6, 6.07) is 0. The van der Waals surface area contributed by atoms with E-state index in [2.05, 4.69) is 93.7 Å². The first-order chi connectivity index (χ1) is 30.5. The molecule has 0 rings (SSSR count). The van der Waals surface area contributed by atoms with Crippen LogP contribution in [-0.2, 0) is 28.6 Å². The van der Waals surface area contributed by atoms with Gasteiger partial charge in [0.05, 0.1) is 0 Å². The maximum Gasteiger partial charge on any atom is 0.306 e. The third-order valence-electron chi connectivity index (χ3n) is 10.9. The van der Waals surface area contributed by atoms with E-state index in [1.165, 1.54) is 122 Å². The highest BCUT2D eigenvalue weighted by Gasteiger charge is 2.19. The third kappa shape index (κ3) is 47.9. The van der Waals surface area contributed by atoms with Crippen molar-refractivity contribution in [1.82, 2.24) is 0 Å². The van der Waals surface area contributed by atoms with Crippen molar-refractivity contribution in [2.75, 3.05) is 13.2 Å². The molecule has 6 heteroatoms. The highest BCUT2D eigenvalue weighted by molar-refractivity contribution is 5.71. The van der Waals surface area contributed by atoms with Crippen molar-refractivity contribution in [3.8, 4) is 0 Å². The Morgan fingerprint density at radius 2 is 0.597 bits per heavy atom. The minimum atomic E-state index is -0.799. The zero-order valence-electron chi connectivity index (χ0n) is 40.6. The van der Waals surface area contributed by atoms with Crippen molar-refractivity contribution in [2.45, 2.75) is 252 Å². The van der Waals surface area contributed by atoms with Crippen molar-refractivity contribution in [3.63, 3.8) is 0 Å². The lowest BCUT2D eigenvalue weighted by molar-refractivity contribution is -0.167. The number of unbranched alkanes of at least 4 members (excludes halogenated alkanes) is 23. The van der Waals surface area contributed by atoms with E-state index in [0.29, 0.717) is 19.3 Å². The lowest BCUT2D eigenvalue weighted by Gasteiger charge is -2.18. The summed E-state index contributed by atoms with van der Waals surface area (Å²) >= 11 is 0. The standard InChI is InChI=1S/C56H96O6/c1-4-7-10-13-16-19-22-24-26-28-30-32-34-37-40-43-46-49-55(58)61-52-53(51-60-54(57)48-45-42-39-36-21-18-15-12-9-6-3)62-56(59)50-47-44-41-38-35-33-31-29-27-25-23-20-17-14-11-8-5-2/h16-17,19-20,24-27,30,32,37,40,53H,4-15,18,21-23,28-29,31,33-36,38-39,41-52H2,1-3H3/b19-16-,20-17-,26-24-,27-25-,32-30-,40-37-/t53-/m1/s1. The van der Waals surface area contributed by atoms with E-state index in [0.717, 1.165) is 77.0 Å². The molecule has 0 aromatic carbocycles. The average molecular weight is 865 g/mol. The van der Waals surface area contributed by atoms with Crippen LogP contribution in [0.4, 0.5) is 0 Å². The number of esters is 3. The quantitative estimate of drug-likeness (QED) is 0.0262. The van der Waals surface area contributed by atoms with Gasteiger partial charge in [0.2, 0.25) is 0 Å². The molecule has 0 heterocycles.